The van der Waals surface area contributed by atoms with Crippen LogP contribution in [0.2, 0.25) is 0 Å². The van der Waals surface area contributed by atoms with Crippen LogP contribution in [0.3, 0.4) is 0 Å². The van der Waals surface area contributed by atoms with Crippen LogP contribution in [0, 0.1) is 0 Å². The Bertz CT molecular complexity index is 867. The van der Waals surface area contributed by atoms with Crippen molar-refractivity contribution in [2.75, 3.05) is 4.90 Å². The van der Waals surface area contributed by atoms with Gasteiger partial charge in [-0.05, 0) is 23.8 Å². The molecule has 4 rings (SSSR count). The molecular weight excluding hydrogens is 286 g/mol. The lowest BCUT2D eigenvalue weighted by molar-refractivity contribution is 0.0985. The first kappa shape index (κ1) is 13.8. The predicted molar refractivity (Wildman–Crippen MR) is 89.4 cm³/mol. The van der Waals surface area contributed by atoms with Gasteiger partial charge in [0.05, 0.1) is 12.7 Å². The number of aryl methyl sites for hydroxylation is 1. The molecule has 0 aliphatic carbocycles. The summed E-state index contributed by atoms with van der Waals surface area (Å²) in [5, 5.41) is 4.36. The van der Waals surface area contributed by atoms with Crippen LogP contribution in [0.1, 0.15) is 27.2 Å². The lowest BCUT2D eigenvalue weighted by Crippen LogP contribution is -2.30. The highest BCUT2D eigenvalue weighted by Crippen LogP contribution is 2.31. The van der Waals surface area contributed by atoms with Crippen molar-refractivity contribution in [2.24, 2.45) is 7.05 Å². The van der Waals surface area contributed by atoms with Gasteiger partial charge < -0.3 is 4.90 Å². The Balaban J connectivity index is 1.84. The summed E-state index contributed by atoms with van der Waals surface area (Å²) in [5.74, 6) is 0.0229. The van der Waals surface area contributed by atoms with Gasteiger partial charge in [-0.25, -0.2) is 0 Å². The fourth-order valence-corrected chi connectivity index (χ4v) is 3.15. The maximum atomic E-state index is 13.0. The van der Waals surface area contributed by atoms with E-state index in [9.17, 15) is 4.79 Å². The second-order valence-corrected chi connectivity index (χ2v) is 5.80. The van der Waals surface area contributed by atoms with Gasteiger partial charge in [0.2, 0.25) is 0 Å². The fourth-order valence-electron chi connectivity index (χ4n) is 3.15. The van der Waals surface area contributed by atoms with Gasteiger partial charge in [-0.1, -0.05) is 36.4 Å². The molecule has 0 unspecified atom stereocenters. The number of rotatable bonds is 1. The molecule has 0 radical (unpaired) electrons. The SMILES string of the molecule is Cn1ncc2c1Cc1ccccc1N(C(=O)c1ccccc1)C2. The normalized spacial score (nSPS) is 13.2. The molecule has 1 aliphatic heterocycles. The van der Waals surface area contributed by atoms with Crippen molar-refractivity contribution in [3.05, 3.63) is 83.2 Å². The molecule has 3 aromatic rings. The molecule has 2 heterocycles. The number of carbonyl (C=O) groups is 1. The topological polar surface area (TPSA) is 38.1 Å². The van der Waals surface area contributed by atoms with Crippen molar-refractivity contribution in [1.29, 1.82) is 0 Å². The van der Waals surface area contributed by atoms with Gasteiger partial charge in [-0.15, -0.1) is 0 Å². The summed E-state index contributed by atoms with van der Waals surface area (Å²) in [7, 11) is 1.95. The Morgan fingerprint density at radius 1 is 1.00 bits per heavy atom. The van der Waals surface area contributed by atoms with Crippen LogP contribution in [0.25, 0.3) is 0 Å². The van der Waals surface area contributed by atoms with Crippen molar-refractivity contribution in [3.63, 3.8) is 0 Å². The third-order valence-electron chi connectivity index (χ3n) is 4.38. The first-order valence-corrected chi connectivity index (χ1v) is 7.68. The van der Waals surface area contributed by atoms with E-state index < -0.39 is 0 Å². The number of hydrogen-bond acceptors (Lipinski definition) is 2. The molecule has 0 atom stereocenters. The molecule has 0 saturated heterocycles. The number of para-hydroxylation sites is 1. The van der Waals surface area contributed by atoms with E-state index in [0.717, 1.165) is 23.2 Å². The Hall–Kier alpha value is -2.88. The number of fused-ring (bicyclic) bond motifs is 2. The highest BCUT2D eigenvalue weighted by Gasteiger charge is 2.26. The van der Waals surface area contributed by atoms with Crippen molar-refractivity contribution in [3.8, 4) is 0 Å². The van der Waals surface area contributed by atoms with Gasteiger partial charge in [0, 0.05) is 36.0 Å². The van der Waals surface area contributed by atoms with Crippen LogP contribution in [-0.4, -0.2) is 15.7 Å². The molecule has 0 N–H and O–H groups in total. The Morgan fingerprint density at radius 2 is 1.74 bits per heavy atom. The minimum absolute atomic E-state index is 0.0229. The maximum Gasteiger partial charge on any atom is 0.258 e. The van der Waals surface area contributed by atoms with E-state index >= 15 is 0 Å². The summed E-state index contributed by atoms with van der Waals surface area (Å²) in [6, 6.07) is 17.5. The Kier molecular flexibility index (Phi) is 3.23. The summed E-state index contributed by atoms with van der Waals surface area (Å²) in [6.45, 7) is 0.550. The number of anilines is 1. The van der Waals surface area contributed by atoms with Gasteiger partial charge in [-0.3, -0.25) is 9.48 Å². The highest BCUT2D eigenvalue weighted by atomic mass is 16.2. The summed E-state index contributed by atoms with van der Waals surface area (Å²) in [4.78, 5) is 14.9. The fraction of sp³-hybridized carbons (Fsp3) is 0.158. The van der Waals surface area contributed by atoms with Gasteiger partial charge in [0.25, 0.3) is 5.91 Å². The van der Waals surface area contributed by atoms with Crippen molar-refractivity contribution < 1.29 is 4.79 Å². The van der Waals surface area contributed by atoms with E-state index in [0.29, 0.717) is 12.1 Å². The van der Waals surface area contributed by atoms with E-state index in [-0.39, 0.29) is 5.91 Å². The van der Waals surface area contributed by atoms with Crippen LogP contribution >= 0.6 is 0 Å². The zero-order valence-corrected chi connectivity index (χ0v) is 12.9. The molecule has 23 heavy (non-hydrogen) atoms. The molecule has 0 spiro atoms. The zero-order chi connectivity index (χ0) is 15.8. The third-order valence-corrected chi connectivity index (χ3v) is 4.38. The number of hydrogen-bond donors (Lipinski definition) is 0. The Morgan fingerprint density at radius 3 is 2.57 bits per heavy atom. The summed E-state index contributed by atoms with van der Waals surface area (Å²) in [5.41, 5.74) is 5.11. The first-order chi connectivity index (χ1) is 11.2. The summed E-state index contributed by atoms with van der Waals surface area (Å²) < 4.78 is 1.91. The van der Waals surface area contributed by atoms with Crippen LogP contribution in [0.15, 0.2) is 60.8 Å². The summed E-state index contributed by atoms with van der Waals surface area (Å²) in [6.07, 6.45) is 2.66. The molecular formula is C19H17N3O. The second-order valence-electron chi connectivity index (χ2n) is 5.80. The largest absolute Gasteiger partial charge is 0.304 e. The average Bonchev–Trinajstić information content (AvgIpc) is 2.84. The Labute approximate surface area is 135 Å². The van der Waals surface area contributed by atoms with Crippen LogP contribution in [0.5, 0.6) is 0 Å². The number of amides is 1. The number of carbonyl (C=O) groups excluding carboxylic acids is 1. The predicted octanol–water partition coefficient (Wildman–Crippen LogP) is 3.17. The molecule has 114 valence electrons. The van der Waals surface area contributed by atoms with E-state index in [4.69, 9.17) is 0 Å². The zero-order valence-electron chi connectivity index (χ0n) is 12.9. The monoisotopic (exact) mass is 303 g/mol. The lowest BCUT2D eigenvalue weighted by Gasteiger charge is -2.23. The highest BCUT2D eigenvalue weighted by molar-refractivity contribution is 6.06. The molecule has 0 bridgehead atoms. The smallest absolute Gasteiger partial charge is 0.258 e. The minimum atomic E-state index is 0.0229. The van der Waals surface area contributed by atoms with Gasteiger partial charge in [0.1, 0.15) is 0 Å². The van der Waals surface area contributed by atoms with Gasteiger partial charge in [0.15, 0.2) is 0 Å². The average molecular weight is 303 g/mol. The molecule has 4 heteroatoms. The molecule has 0 saturated carbocycles. The third kappa shape index (κ3) is 2.32. The van der Waals surface area contributed by atoms with Crippen molar-refractivity contribution >= 4 is 11.6 Å². The van der Waals surface area contributed by atoms with Gasteiger partial charge in [-0.2, -0.15) is 5.10 Å². The number of benzene rings is 2. The molecule has 2 aromatic carbocycles. The van der Waals surface area contributed by atoms with E-state index in [1.807, 2.05) is 71.4 Å². The quantitative estimate of drug-likeness (QED) is 0.692. The van der Waals surface area contributed by atoms with Crippen LogP contribution in [-0.2, 0) is 20.0 Å². The van der Waals surface area contributed by atoms with Crippen molar-refractivity contribution in [2.45, 2.75) is 13.0 Å². The molecule has 0 fully saturated rings. The first-order valence-electron chi connectivity index (χ1n) is 7.68. The van der Waals surface area contributed by atoms with E-state index in [2.05, 4.69) is 11.2 Å². The maximum absolute atomic E-state index is 13.0. The number of nitrogens with zero attached hydrogens (tertiary/aromatic N) is 3. The van der Waals surface area contributed by atoms with Crippen LogP contribution < -0.4 is 4.90 Å². The number of aromatic nitrogens is 2. The van der Waals surface area contributed by atoms with Crippen molar-refractivity contribution in [1.82, 2.24) is 9.78 Å². The standard InChI is InChI=1S/C19H17N3O/c1-21-18-11-15-9-5-6-10-17(15)22(13-16(18)12-20-21)19(23)14-7-3-2-4-8-14/h2-10,12H,11,13H2,1H3. The molecule has 1 aliphatic rings. The minimum Gasteiger partial charge on any atom is -0.304 e. The summed E-state index contributed by atoms with van der Waals surface area (Å²) >= 11 is 0. The van der Waals surface area contributed by atoms with Crippen LogP contribution in [0.4, 0.5) is 5.69 Å². The lowest BCUT2D eigenvalue weighted by atomic mass is 10.1. The van der Waals surface area contributed by atoms with E-state index in [1.165, 1.54) is 5.69 Å². The molecule has 1 amide bonds. The molecule has 4 nitrogen and oxygen atoms in total. The second kappa shape index (κ2) is 5.39. The molecule has 1 aromatic heterocycles. The van der Waals surface area contributed by atoms with Gasteiger partial charge >= 0.3 is 0 Å². The van der Waals surface area contributed by atoms with E-state index in [1.54, 1.807) is 0 Å².